The molecule has 0 bridgehead atoms. The summed E-state index contributed by atoms with van der Waals surface area (Å²) in [5.74, 6) is -5.99. The van der Waals surface area contributed by atoms with Gasteiger partial charge in [0.15, 0.2) is 5.92 Å². The van der Waals surface area contributed by atoms with Crippen LogP contribution >= 0.6 is 0 Å². The quantitative estimate of drug-likeness (QED) is 0.479. The van der Waals surface area contributed by atoms with Crippen LogP contribution < -0.4 is 10.6 Å². The summed E-state index contributed by atoms with van der Waals surface area (Å²) in [5.41, 5.74) is 2.51. The summed E-state index contributed by atoms with van der Waals surface area (Å²) in [4.78, 5) is 36.3. The van der Waals surface area contributed by atoms with Gasteiger partial charge in [0.1, 0.15) is 12.1 Å². The Kier molecular flexibility index (Phi) is 7.72. The Labute approximate surface area is 200 Å². The van der Waals surface area contributed by atoms with E-state index in [4.69, 9.17) is 9.84 Å². The maximum absolute atomic E-state index is 12.9. The summed E-state index contributed by atoms with van der Waals surface area (Å²) < 4.78 is 44.2. The molecule has 35 heavy (non-hydrogen) atoms. The van der Waals surface area contributed by atoms with Crippen molar-refractivity contribution in [2.24, 2.45) is 5.92 Å². The number of halogens is 3. The molecule has 1 aliphatic carbocycles. The van der Waals surface area contributed by atoms with Gasteiger partial charge >= 0.3 is 18.2 Å². The average Bonchev–Trinajstić information content (AvgIpc) is 3.10. The van der Waals surface area contributed by atoms with Crippen LogP contribution in [0.5, 0.6) is 0 Å². The van der Waals surface area contributed by atoms with Gasteiger partial charge in [-0.15, -0.1) is 0 Å². The Morgan fingerprint density at radius 2 is 1.57 bits per heavy atom. The molecule has 0 saturated carbocycles. The lowest BCUT2D eigenvalue weighted by molar-refractivity contribution is -0.192. The maximum Gasteiger partial charge on any atom is 0.408 e. The van der Waals surface area contributed by atoms with E-state index in [0.717, 1.165) is 22.3 Å². The second-order valence-electron chi connectivity index (χ2n) is 8.68. The number of alkyl carbamates (subject to hydrolysis) is 1. The molecule has 2 unspecified atom stereocenters. The van der Waals surface area contributed by atoms with E-state index in [9.17, 15) is 27.6 Å². The first kappa shape index (κ1) is 26.1. The van der Waals surface area contributed by atoms with Crippen LogP contribution in [0.3, 0.4) is 0 Å². The van der Waals surface area contributed by atoms with Crippen molar-refractivity contribution < 1.29 is 37.4 Å². The highest BCUT2D eigenvalue weighted by Crippen LogP contribution is 2.44. The van der Waals surface area contributed by atoms with Crippen LogP contribution in [0.4, 0.5) is 18.0 Å². The van der Waals surface area contributed by atoms with Crippen LogP contribution in [-0.2, 0) is 14.3 Å². The lowest BCUT2D eigenvalue weighted by atomic mass is 9.94. The molecule has 0 aromatic heterocycles. The molecule has 188 valence electrons. The SMILES string of the molecule is CCCC(C)(NC(=O)OCC1c2ccccc2-c2ccccc21)C(=O)NCC(C(=O)O)C(F)(F)F. The molecule has 2 aromatic rings. The summed E-state index contributed by atoms with van der Waals surface area (Å²) >= 11 is 0. The molecule has 10 heteroatoms. The number of nitrogens with one attached hydrogen (secondary N) is 2. The third-order valence-electron chi connectivity index (χ3n) is 6.13. The second kappa shape index (κ2) is 10.4. The molecule has 0 aliphatic heterocycles. The summed E-state index contributed by atoms with van der Waals surface area (Å²) in [6.07, 6.45) is -5.40. The Balaban J connectivity index is 1.67. The highest BCUT2D eigenvalue weighted by Gasteiger charge is 2.46. The fourth-order valence-electron chi connectivity index (χ4n) is 4.33. The van der Waals surface area contributed by atoms with Crippen LogP contribution in [0.25, 0.3) is 11.1 Å². The number of amides is 2. The molecule has 2 amide bonds. The number of carboxylic acid groups (broad SMARTS) is 1. The summed E-state index contributed by atoms with van der Waals surface area (Å²) in [6.45, 7) is 1.94. The van der Waals surface area contributed by atoms with E-state index in [1.165, 1.54) is 6.92 Å². The van der Waals surface area contributed by atoms with Gasteiger partial charge in [0.05, 0.1) is 0 Å². The van der Waals surface area contributed by atoms with Crippen molar-refractivity contribution in [3.8, 4) is 11.1 Å². The molecule has 0 fully saturated rings. The summed E-state index contributed by atoms with van der Waals surface area (Å²) in [7, 11) is 0. The van der Waals surface area contributed by atoms with Crippen molar-refractivity contribution in [2.75, 3.05) is 13.2 Å². The van der Waals surface area contributed by atoms with Crippen molar-refractivity contribution in [1.82, 2.24) is 10.6 Å². The van der Waals surface area contributed by atoms with Crippen LogP contribution in [-0.4, -0.2) is 47.9 Å². The van der Waals surface area contributed by atoms with Gasteiger partial charge in [0.2, 0.25) is 5.91 Å². The van der Waals surface area contributed by atoms with Crippen LogP contribution in [0, 0.1) is 5.92 Å². The largest absolute Gasteiger partial charge is 0.481 e. The minimum Gasteiger partial charge on any atom is -0.481 e. The van der Waals surface area contributed by atoms with Crippen LogP contribution in [0.2, 0.25) is 0 Å². The van der Waals surface area contributed by atoms with Crippen LogP contribution in [0.1, 0.15) is 43.7 Å². The molecule has 2 atom stereocenters. The third-order valence-corrected chi connectivity index (χ3v) is 6.13. The molecule has 0 saturated heterocycles. The van der Waals surface area contributed by atoms with E-state index in [1.807, 2.05) is 53.8 Å². The molecular weight excluding hydrogens is 465 g/mol. The van der Waals surface area contributed by atoms with Gasteiger partial charge in [-0.3, -0.25) is 9.59 Å². The van der Waals surface area contributed by atoms with Gasteiger partial charge in [-0.1, -0.05) is 61.9 Å². The first-order valence-corrected chi connectivity index (χ1v) is 11.2. The van der Waals surface area contributed by atoms with Crippen molar-refractivity contribution in [3.05, 3.63) is 59.7 Å². The van der Waals surface area contributed by atoms with E-state index in [1.54, 1.807) is 6.92 Å². The number of carboxylic acids is 1. The van der Waals surface area contributed by atoms with Gasteiger partial charge in [-0.2, -0.15) is 13.2 Å². The molecule has 2 aromatic carbocycles. The van der Waals surface area contributed by atoms with E-state index < -0.39 is 42.1 Å². The Bertz CT molecular complexity index is 1060. The topological polar surface area (TPSA) is 105 Å². The monoisotopic (exact) mass is 492 g/mol. The zero-order chi connectivity index (χ0) is 25.8. The van der Waals surface area contributed by atoms with Gasteiger partial charge < -0.3 is 20.5 Å². The number of benzene rings is 2. The molecular formula is C25H27F3N2O5. The number of alkyl halides is 3. The average molecular weight is 492 g/mol. The van der Waals surface area contributed by atoms with Crippen molar-refractivity contribution in [1.29, 1.82) is 0 Å². The number of carbonyl (C=O) groups is 3. The predicted octanol–water partition coefficient (Wildman–Crippen LogP) is 4.46. The number of rotatable bonds is 9. The highest BCUT2D eigenvalue weighted by molar-refractivity contribution is 5.90. The van der Waals surface area contributed by atoms with Crippen molar-refractivity contribution in [3.63, 3.8) is 0 Å². The Hall–Kier alpha value is -3.56. The van der Waals surface area contributed by atoms with Gasteiger partial charge in [-0.05, 0) is 35.6 Å². The minimum atomic E-state index is -5.03. The highest BCUT2D eigenvalue weighted by atomic mass is 19.4. The number of hydrogen-bond acceptors (Lipinski definition) is 4. The molecule has 3 N–H and O–H groups in total. The number of ether oxygens (including phenoxy) is 1. The maximum atomic E-state index is 12.9. The molecule has 0 radical (unpaired) electrons. The van der Waals surface area contributed by atoms with E-state index in [2.05, 4.69) is 5.32 Å². The van der Waals surface area contributed by atoms with Gasteiger partial charge in [0.25, 0.3) is 0 Å². The number of fused-ring (bicyclic) bond motifs is 3. The van der Waals surface area contributed by atoms with Gasteiger partial charge in [-0.25, -0.2) is 4.79 Å². The Morgan fingerprint density at radius 1 is 1.03 bits per heavy atom. The first-order chi connectivity index (χ1) is 16.5. The summed E-state index contributed by atoms with van der Waals surface area (Å²) in [6, 6.07) is 15.5. The molecule has 1 aliphatic rings. The first-order valence-electron chi connectivity index (χ1n) is 11.2. The number of hydrogen-bond donors (Lipinski definition) is 3. The normalized spacial score (nSPS) is 15.3. The van der Waals surface area contributed by atoms with Crippen molar-refractivity contribution >= 4 is 18.0 Å². The number of carbonyl (C=O) groups excluding carboxylic acids is 2. The van der Waals surface area contributed by atoms with E-state index in [0.29, 0.717) is 6.42 Å². The zero-order valence-corrected chi connectivity index (χ0v) is 19.3. The van der Waals surface area contributed by atoms with E-state index >= 15 is 0 Å². The number of aliphatic carboxylic acids is 1. The molecule has 0 heterocycles. The van der Waals surface area contributed by atoms with E-state index in [-0.39, 0.29) is 18.9 Å². The molecule has 7 nitrogen and oxygen atoms in total. The molecule has 0 spiro atoms. The fraction of sp³-hybridized carbons (Fsp3) is 0.400. The lowest BCUT2D eigenvalue weighted by Crippen LogP contribution is -2.58. The predicted molar refractivity (Wildman–Crippen MR) is 122 cm³/mol. The zero-order valence-electron chi connectivity index (χ0n) is 19.3. The van der Waals surface area contributed by atoms with Crippen molar-refractivity contribution in [2.45, 2.75) is 44.3 Å². The fourth-order valence-corrected chi connectivity index (χ4v) is 4.33. The lowest BCUT2D eigenvalue weighted by Gasteiger charge is -2.30. The standard InChI is InChI=1S/C25H27F3N2O5/c1-3-12-24(2,22(33)29-13-20(21(31)32)25(26,27)28)30-23(34)35-14-19-17-10-6-4-8-15(17)16-9-5-7-11-18(16)19/h4-11,19-20H,3,12-14H2,1-2H3,(H,29,33)(H,30,34)(H,31,32). The van der Waals surface area contributed by atoms with Gasteiger partial charge in [0, 0.05) is 12.5 Å². The van der Waals surface area contributed by atoms with Crippen LogP contribution in [0.15, 0.2) is 48.5 Å². The minimum absolute atomic E-state index is 0.00114. The third kappa shape index (κ3) is 5.75. The molecule has 3 rings (SSSR count). The second-order valence-corrected chi connectivity index (χ2v) is 8.68. The summed E-state index contributed by atoms with van der Waals surface area (Å²) in [5, 5.41) is 13.3. The smallest absolute Gasteiger partial charge is 0.408 e. The Morgan fingerprint density at radius 3 is 2.06 bits per heavy atom.